The van der Waals surface area contributed by atoms with Gasteiger partial charge in [0.25, 0.3) is 5.91 Å². The quantitative estimate of drug-likeness (QED) is 0.647. The van der Waals surface area contributed by atoms with E-state index in [9.17, 15) is 14.4 Å². The number of carboxylic acids is 1. The van der Waals surface area contributed by atoms with Crippen LogP contribution in [0.2, 0.25) is 0 Å². The van der Waals surface area contributed by atoms with Gasteiger partial charge in [-0.05, 0) is 24.8 Å². The fourth-order valence-electron chi connectivity index (χ4n) is 1.32. The number of carbonyl (C=O) groups excluding carboxylic acids is 2. The number of rotatable bonds is 7. The van der Waals surface area contributed by atoms with Crippen molar-refractivity contribution in [3.05, 3.63) is 22.4 Å². The highest BCUT2D eigenvalue weighted by Crippen LogP contribution is 2.07. The zero-order valence-electron chi connectivity index (χ0n) is 10.5. The van der Waals surface area contributed by atoms with Crippen LogP contribution in [0.1, 0.15) is 29.4 Å². The molecule has 1 aromatic heterocycles. The predicted molar refractivity (Wildman–Crippen MR) is 71.1 cm³/mol. The first-order valence-corrected chi connectivity index (χ1v) is 6.72. The van der Waals surface area contributed by atoms with Crippen molar-refractivity contribution in [2.45, 2.75) is 25.8 Å². The second-order valence-electron chi connectivity index (χ2n) is 3.96. The molecule has 1 atom stereocenters. The SMILES string of the molecule is C[C@H](NC(=O)CCCNC(=O)c1cccs1)C(=O)O. The summed E-state index contributed by atoms with van der Waals surface area (Å²) in [5.41, 5.74) is 0. The molecule has 0 radical (unpaired) electrons. The molecule has 0 bridgehead atoms. The average Bonchev–Trinajstić information content (AvgIpc) is 2.88. The Kier molecular flexibility index (Phi) is 6.01. The van der Waals surface area contributed by atoms with Crippen molar-refractivity contribution in [2.75, 3.05) is 6.54 Å². The van der Waals surface area contributed by atoms with Crippen LogP contribution < -0.4 is 10.6 Å². The molecule has 19 heavy (non-hydrogen) atoms. The Labute approximate surface area is 114 Å². The largest absolute Gasteiger partial charge is 0.480 e. The number of thiophene rings is 1. The third-order valence-corrected chi connectivity index (χ3v) is 3.23. The molecule has 104 valence electrons. The van der Waals surface area contributed by atoms with Crippen molar-refractivity contribution in [1.29, 1.82) is 0 Å². The Morgan fingerprint density at radius 2 is 2.16 bits per heavy atom. The molecule has 0 aliphatic rings. The Bertz CT molecular complexity index is 445. The van der Waals surface area contributed by atoms with E-state index in [0.717, 1.165) is 0 Å². The van der Waals surface area contributed by atoms with Crippen LogP contribution in [0.5, 0.6) is 0 Å². The van der Waals surface area contributed by atoms with Crippen LogP contribution in [-0.2, 0) is 9.59 Å². The zero-order chi connectivity index (χ0) is 14.3. The molecule has 1 heterocycles. The second kappa shape index (κ2) is 7.52. The molecular weight excluding hydrogens is 268 g/mol. The van der Waals surface area contributed by atoms with Gasteiger partial charge < -0.3 is 15.7 Å². The molecule has 1 rings (SSSR count). The minimum Gasteiger partial charge on any atom is -0.480 e. The maximum Gasteiger partial charge on any atom is 0.325 e. The summed E-state index contributed by atoms with van der Waals surface area (Å²) >= 11 is 1.35. The Morgan fingerprint density at radius 3 is 2.74 bits per heavy atom. The highest BCUT2D eigenvalue weighted by Gasteiger charge is 2.13. The van der Waals surface area contributed by atoms with Crippen molar-refractivity contribution >= 4 is 29.1 Å². The van der Waals surface area contributed by atoms with E-state index in [0.29, 0.717) is 17.8 Å². The van der Waals surface area contributed by atoms with E-state index >= 15 is 0 Å². The summed E-state index contributed by atoms with van der Waals surface area (Å²) in [6.07, 6.45) is 0.650. The van der Waals surface area contributed by atoms with E-state index < -0.39 is 12.0 Å². The Balaban J connectivity index is 2.15. The maximum atomic E-state index is 11.5. The molecule has 3 N–H and O–H groups in total. The fourth-order valence-corrected chi connectivity index (χ4v) is 1.96. The molecule has 6 nitrogen and oxygen atoms in total. The third kappa shape index (κ3) is 5.52. The minimum absolute atomic E-state index is 0.158. The summed E-state index contributed by atoms with van der Waals surface area (Å²) in [6, 6.07) is 2.62. The number of nitrogens with one attached hydrogen (secondary N) is 2. The molecule has 0 aliphatic heterocycles. The van der Waals surface area contributed by atoms with Crippen LogP contribution in [0.25, 0.3) is 0 Å². The number of carboxylic acid groups (broad SMARTS) is 1. The van der Waals surface area contributed by atoms with Crippen LogP contribution in [0.4, 0.5) is 0 Å². The van der Waals surface area contributed by atoms with Gasteiger partial charge in [-0.3, -0.25) is 14.4 Å². The molecule has 0 aromatic carbocycles. The van der Waals surface area contributed by atoms with Crippen LogP contribution in [0.3, 0.4) is 0 Å². The van der Waals surface area contributed by atoms with Crippen molar-refractivity contribution < 1.29 is 19.5 Å². The number of amides is 2. The third-order valence-electron chi connectivity index (χ3n) is 2.36. The second-order valence-corrected chi connectivity index (χ2v) is 4.91. The average molecular weight is 284 g/mol. The van der Waals surface area contributed by atoms with Gasteiger partial charge in [0.05, 0.1) is 4.88 Å². The van der Waals surface area contributed by atoms with Crippen molar-refractivity contribution in [2.24, 2.45) is 0 Å². The summed E-state index contributed by atoms with van der Waals surface area (Å²) in [6.45, 7) is 1.78. The lowest BCUT2D eigenvalue weighted by Crippen LogP contribution is -2.38. The minimum atomic E-state index is -1.07. The Hall–Kier alpha value is -1.89. The number of hydrogen-bond acceptors (Lipinski definition) is 4. The number of hydrogen-bond donors (Lipinski definition) is 3. The van der Waals surface area contributed by atoms with Crippen LogP contribution in [0, 0.1) is 0 Å². The fraction of sp³-hybridized carbons (Fsp3) is 0.417. The smallest absolute Gasteiger partial charge is 0.325 e. The molecule has 0 saturated carbocycles. The lowest BCUT2D eigenvalue weighted by atomic mass is 10.2. The van der Waals surface area contributed by atoms with Gasteiger partial charge in [0.2, 0.25) is 5.91 Å². The number of carbonyl (C=O) groups is 3. The van der Waals surface area contributed by atoms with Gasteiger partial charge in [0.15, 0.2) is 0 Å². The molecule has 0 unspecified atom stereocenters. The van der Waals surface area contributed by atoms with Gasteiger partial charge in [0.1, 0.15) is 6.04 Å². The van der Waals surface area contributed by atoms with E-state index in [-0.39, 0.29) is 18.2 Å². The highest BCUT2D eigenvalue weighted by atomic mass is 32.1. The van der Waals surface area contributed by atoms with E-state index in [1.165, 1.54) is 18.3 Å². The van der Waals surface area contributed by atoms with Gasteiger partial charge in [-0.15, -0.1) is 11.3 Å². The van der Waals surface area contributed by atoms with Crippen molar-refractivity contribution in [1.82, 2.24) is 10.6 Å². The molecule has 1 aromatic rings. The van der Waals surface area contributed by atoms with E-state index in [1.54, 1.807) is 12.1 Å². The Morgan fingerprint density at radius 1 is 1.42 bits per heavy atom. The topological polar surface area (TPSA) is 95.5 Å². The molecule has 0 saturated heterocycles. The van der Waals surface area contributed by atoms with E-state index in [2.05, 4.69) is 10.6 Å². The maximum absolute atomic E-state index is 11.5. The highest BCUT2D eigenvalue weighted by molar-refractivity contribution is 7.12. The monoisotopic (exact) mass is 284 g/mol. The molecular formula is C12H16N2O4S. The zero-order valence-corrected chi connectivity index (χ0v) is 11.3. The summed E-state index contributed by atoms with van der Waals surface area (Å²) < 4.78 is 0. The number of aliphatic carboxylic acids is 1. The summed E-state index contributed by atoms with van der Waals surface area (Å²) in [7, 11) is 0. The van der Waals surface area contributed by atoms with Gasteiger partial charge in [-0.25, -0.2) is 0 Å². The summed E-state index contributed by atoms with van der Waals surface area (Å²) in [5.74, 6) is -1.56. The van der Waals surface area contributed by atoms with Gasteiger partial charge in [-0.1, -0.05) is 6.07 Å². The first kappa shape index (κ1) is 15.2. The first-order chi connectivity index (χ1) is 9.00. The lowest BCUT2D eigenvalue weighted by molar-refractivity contribution is -0.141. The van der Waals surface area contributed by atoms with Crippen LogP contribution in [-0.4, -0.2) is 35.5 Å². The van der Waals surface area contributed by atoms with Crippen LogP contribution in [0.15, 0.2) is 17.5 Å². The normalized spacial score (nSPS) is 11.6. The van der Waals surface area contributed by atoms with E-state index in [1.807, 2.05) is 5.38 Å². The van der Waals surface area contributed by atoms with Crippen LogP contribution >= 0.6 is 11.3 Å². The van der Waals surface area contributed by atoms with Crippen molar-refractivity contribution in [3.8, 4) is 0 Å². The molecule has 0 spiro atoms. The van der Waals surface area contributed by atoms with E-state index in [4.69, 9.17) is 5.11 Å². The standard InChI is InChI=1S/C12H16N2O4S/c1-8(12(17)18)14-10(15)5-2-6-13-11(16)9-4-3-7-19-9/h3-4,7-8H,2,5-6H2,1H3,(H,13,16)(H,14,15)(H,17,18)/t8-/m0/s1. The summed E-state index contributed by atoms with van der Waals surface area (Å²) in [4.78, 5) is 34.0. The summed E-state index contributed by atoms with van der Waals surface area (Å²) in [5, 5.41) is 15.5. The molecule has 0 fully saturated rings. The predicted octanol–water partition coefficient (Wildman–Crippen LogP) is 0.847. The first-order valence-electron chi connectivity index (χ1n) is 5.84. The van der Waals surface area contributed by atoms with Gasteiger partial charge in [0, 0.05) is 13.0 Å². The lowest BCUT2D eigenvalue weighted by Gasteiger charge is -2.09. The van der Waals surface area contributed by atoms with Gasteiger partial charge in [-0.2, -0.15) is 0 Å². The van der Waals surface area contributed by atoms with Crippen molar-refractivity contribution in [3.63, 3.8) is 0 Å². The van der Waals surface area contributed by atoms with Gasteiger partial charge >= 0.3 is 5.97 Å². The molecule has 2 amide bonds. The molecule has 7 heteroatoms. The molecule has 0 aliphatic carbocycles.